The van der Waals surface area contributed by atoms with Crippen molar-refractivity contribution in [2.75, 3.05) is 51.9 Å². The number of alkyl halides is 1. The predicted molar refractivity (Wildman–Crippen MR) is 139 cm³/mol. The van der Waals surface area contributed by atoms with Crippen LogP contribution in [0.4, 0.5) is 10.2 Å². The van der Waals surface area contributed by atoms with Crippen LogP contribution in [0.1, 0.15) is 36.3 Å². The van der Waals surface area contributed by atoms with Crippen molar-refractivity contribution in [2.45, 2.75) is 50.4 Å². The monoisotopic (exact) mass is 524 g/mol. The highest BCUT2D eigenvalue weighted by Crippen LogP contribution is 2.36. The topological polar surface area (TPSA) is 94.8 Å². The van der Waals surface area contributed by atoms with Crippen LogP contribution in [0.2, 0.25) is 0 Å². The molecule has 202 valence electrons. The number of aromatic nitrogens is 4. The molecule has 3 aliphatic rings. The fourth-order valence-corrected chi connectivity index (χ4v) is 6.09. The van der Waals surface area contributed by atoms with Crippen molar-refractivity contribution in [1.82, 2.24) is 24.6 Å². The molecule has 0 aliphatic carbocycles. The van der Waals surface area contributed by atoms with Crippen molar-refractivity contribution >= 4 is 22.7 Å². The average molecular weight is 525 g/mol. The van der Waals surface area contributed by atoms with E-state index >= 15 is 4.39 Å². The van der Waals surface area contributed by atoms with Gasteiger partial charge in [0.25, 0.3) is 0 Å². The maximum atomic E-state index is 15.5. The van der Waals surface area contributed by atoms with Gasteiger partial charge in [0.15, 0.2) is 5.82 Å². The third-order valence-electron chi connectivity index (χ3n) is 8.11. The minimum Gasteiger partial charge on any atom is -0.469 e. The highest BCUT2D eigenvalue weighted by atomic mass is 19.1. The number of morpholine rings is 1. The van der Waals surface area contributed by atoms with Gasteiger partial charge in [-0.2, -0.15) is 15.1 Å². The maximum Gasteiger partial charge on any atom is 0.320 e. The van der Waals surface area contributed by atoms with Gasteiger partial charge in [-0.1, -0.05) is 0 Å². The molecule has 3 aromatic rings. The van der Waals surface area contributed by atoms with E-state index in [9.17, 15) is 4.79 Å². The first kappa shape index (κ1) is 25.0. The molecule has 2 bridgehead atoms. The van der Waals surface area contributed by atoms with E-state index < -0.39 is 6.17 Å². The van der Waals surface area contributed by atoms with Crippen molar-refractivity contribution in [3.63, 3.8) is 0 Å². The second-order valence-electron chi connectivity index (χ2n) is 10.4. The Morgan fingerprint density at radius 1 is 1.18 bits per heavy atom. The number of likely N-dealkylation sites (tertiary alicyclic amines) is 1. The standard InChI is InChI=1S/C27H33FN6O4/c1-16-8-17-12-29-34(25-11-24(30-27(31-25)37-3)33-13-19-9-18(33)15-38-19)23(17)10-21(16)20-4-6-32(14-22(20)28)7-5-26(35)36-2/h8,10-12,18-20,22H,4-7,9,13-15H2,1-3H3. The minimum atomic E-state index is -1.03. The Bertz CT molecular complexity index is 1350. The molecular weight excluding hydrogens is 491 g/mol. The molecule has 0 radical (unpaired) electrons. The van der Waals surface area contributed by atoms with Crippen molar-refractivity contribution in [3.05, 3.63) is 35.5 Å². The molecule has 2 aromatic heterocycles. The number of hydrogen-bond donors (Lipinski definition) is 0. The number of halogens is 1. The molecule has 38 heavy (non-hydrogen) atoms. The lowest BCUT2D eigenvalue weighted by atomic mass is 9.85. The van der Waals surface area contributed by atoms with E-state index in [0.717, 1.165) is 47.4 Å². The van der Waals surface area contributed by atoms with Crippen LogP contribution in [0.15, 0.2) is 24.4 Å². The molecule has 11 heteroatoms. The summed E-state index contributed by atoms with van der Waals surface area (Å²) in [6.07, 6.45) is 2.96. The van der Waals surface area contributed by atoms with E-state index in [4.69, 9.17) is 14.2 Å². The number of piperidine rings is 1. The number of carbonyl (C=O) groups excluding carboxylic acids is 1. The van der Waals surface area contributed by atoms with E-state index in [1.807, 2.05) is 24.1 Å². The quantitative estimate of drug-likeness (QED) is 0.433. The van der Waals surface area contributed by atoms with Gasteiger partial charge in [-0.25, -0.2) is 9.07 Å². The van der Waals surface area contributed by atoms with Gasteiger partial charge < -0.3 is 19.1 Å². The highest BCUT2D eigenvalue weighted by Gasteiger charge is 2.40. The number of benzene rings is 1. The van der Waals surface area contributed by atoms with Crippen LogP contribution in [-0.4, -0.2) is 95.9 Å². The number of esters is 1. The Morgan fingerprint density at radius 2 is 2.03 bits per heavy atom. The van der Waals surface area contributed by atoms with Gasteiger partial charge in [-0.15, -0.1) is 0 Å². The molecule has 4 unspecified atom stereocenters. The third kappa shape index (κ3) is 4.58. The van der Waals surface area contributed by atoms with Crippen molar-refractivity contribution in [3.8, 4) is 11.8 Å². The summed E-state index contributed by atoms with van der Waals surface area (Å²) in [6.45, 7) is 5.06. The summed E-state index contributed by atoms with van der Waals surface area (Å²) in [6, 6.07) is 6.64. The zero-order chi connectivity index (χ0) is 26.4. The van der Waals surface area contributed by atoms with E-state index in [2.05, 4.69) is 32.1 Å². The lowest BCUT2D eigenvalue weighted by Gasteiger charge is -2.35. The van der Waals surface area contributed by atoms with Crippen LogP contribution in [-0.2, 0) is 14.3 Å². The van der Waals surface area contributed by atoms with Gasteiger partial charge in [-0.05, 0) is 49.6 Å². The number of carbonyl (C=O) groups is 1. The maximum absolute atomic E-state index is 15.5. The molecule has 3 saturated heterocycles. The second-order valence-corrected chi connectivity index (χ2v) is 10.4. The minimum absolute atomic E-state index is 0.229. The summed E-state index contributed by atoms with van der Waals surface area (Å²) < 4.78 is 33.2. The summed E-state index contributed by atoms with van der Waals surface area (Å²) in [5.74, 6) is 0.900. The van der Waals surface area contributed by atoms with Crippen LogP contribution in [0.5, 0.6) is 6.01 Å². The number of fused-ring (bicyclic) bond motifs is 3. The molecule has 3 aliphatic heterocycles. The van der Waals surface area contributed by atoms with Crippen LogP contribution < -0.4 is 9.64 Å². The summed E-state index contributed by atoms with van der Waals surface area (Å²) in [5.41, 5.74) is 2.89. The molecular formula is C27H33FN6O4. The van der Waals surface area contributed by atoms with Crippen molar-refractivity contribution < 1.29 is 23.4 Å². The molecule has 10 nitrogen and oxygen atoms in total. The molecule has 5 heterocycles. The zero-order valence-electron chi connectivity index (χ0n) is 22.0. The molecule has 0 amide bonds. The van der Waals surface area contributed by atoms with Crippen LogP contribution >= 0.6 is 0 Å². The predicted octanol–water partition coefficient (Wildman–Crippen LogP) is 2.80. The Balaban J connectivity index is 1.29. The third-order valence-corrected chi connectivity index (χ3v) is 8.11. The van der Waals surface area contributed by atoms with Crippen LogP contribution in [0.25, 0.3) is 16.7 Å². The molecule has 0 saturated carbocycles. The van der Waals surface area contributed by atoms with E-state index in [1.165, 1.54) is 7.11 Å². The van der Waals surface area contributed by atoms with Gasteiger partial charge in [0, 0.05) is 37.0 Å². The Hall–Kier alpha value is -3.31. The van der Waals surface area contributed by atoms with E-state index in [0.29, 0.717) is 38.0 Å². The normalized spacial score (nSPS) is 25.3. The number of methoxy groups -OCH3 is 2. The fourth-order valence-electron chi connectivity index (χ4n) is 6.09. The summed E-state index contributed by atoms with van der Waals surface area (Å²) >= 11 is 0. The van der Waals surface area contributed by atoms with Gasteiger partial charge in [0.05, 0.1) is 51.1 Å². The first-order valence-electron chi connectivity index (χ1n) is 13.2. The number of ether oxygens (including phenoxy) is 3. The number of rotatable bonds is 7. The Morgan fingerprint density at radius 3 is 2.74 bits per heavy atom. The number of nitrogens with zero attached hydrogens (tertiary/aromatic N) is 6. The number of aryl methyl sites for hydroxylation is 1. The summed E-state index contributed by atoms with van der Waals surface area (Å²) in [4.78, 5) is 25.0. The summed E-state index contributed by atoms with van der Waals surface area (Å²) in [5, 5.41) is 5.61. The first-order valence-corrected chi connectivity index (χ1v) is 13.2. The number of anilines is 1. The lowest BCUT2D eigenvalue weighted by Crippen LogP contribution is -2.41. The van der Waals surface area contributed by atoms with E-state index in [1.54, 1.807) is 11.8 Å². The van der Waals surface area contributed by atoms with Gasteiger partial charge in [-0.3, -0.25) is 9.69 Å². The largest absolute Gasteiger partial charge is 0.469 e. The molecule has 4 atom stereocenters. The van der Waals surface area contributed by atoms with Crippen molar-refractivity contribution in [1.29, 1.82) is 0 Å². The Labute approximate surface area is 220 Å². The Kier molecular flexibility index (Phi) is 6.65. The van der Waals surface area contributed by atoms with Crippen LogP contribution in [0.3, 0.4) is 0 Å². The van der Waals surface area contributed by atoms with Gasteiger partial charge in [0.2, 0.25) is 0 Å². The van der Waals surface area contributed by atoms with Crippen molar-refractivity contribution in [2.24, 2.45) is 0 Å². The molecule has 0 spiro atoms. The van der Waals surface area contributed by atoms with E-state index in [-0.39, 0.29) is 30.4 Å². The summed E-state index contributed by atoms with van der Waals surface area (Å²) in [7, 11) is 2.93. The average Bonchev–Trinajstić information content (AvgIpc) is 3.67. The smallest absolute Gasteiger partial charge is 0.320 e. The first-order chi connectivity index (χ1) is 18.4. The second kappa shape index (κ2) is 10.1. The van der Waals surface area contributed by atoms with Crippen LogP contribution in [0, 0.1) is 6.92 Å². The molecule has 6 rings (SSSR count). The van der Waals surface area contributed by atoms with Gasteiger partial charge in [0.1, 0.15) is 12.0 Å². The molecule has 1 aromatic carbocycles. The highest BCUT2D eigenvalue weighted by molar-refractivity contribution is 5.82. The van der Waals surface area contributed by atoms with Gasteiger partial charge >= 0.3 is 12.0 Å². The lowest BCUT2D eigenvalue weighted by molar-refractivity contribution is -0.141. The SMILES string of the molecule is COC(=O)CCN1CCC(c2cc3c(cnn3-c3cc(N4CC5CC4CO5)nc(OC)n3)cc2C)C(F)C1. The fraction of sp³-hybridized carbons (Fsp3) is 0.556. The number of hydrogen-bond acceptors (Lipinski definition) is 9. The zero-order valence-corrected chi connectivity index (χ0v) is 22.0. The molecule has 0 N–H and O–H groups in total. The molecule has 3 fully saturated rings.